The van der Waals surface area contributed by atoms with Gasteiger partial charge in [-0.2, -0.15) is 0 Å². The van der Waals surface area contributed by atoms with E-state index in [9.17, 15) is 4.79 Å². The van der Waals surface area contributed by atoms with Crippen LogP contribution in [-0.2, 0) is 26.9 Å². The summed E-state index contributed by atoms with van der Waals surface area (Å²) in [5.74, 6) is -0.182. The molecule has 0 bridgehead atoms. The van der Waals surface area contributed by atoms with Crippen molar-refractivity contribution in [2.24, 2.45) is 5.92 Å². The Morgan fingerprint density at radius 2 is 1.93 bits per heavy atom. The number of allylic oxidation sites excluding steroid dienone is 3. The second-order valence-electron chi connectivity index (χ2n) is 8.58. The zero-order chi connectivity index (χ0) is 19.2. The van der Waals surface area contributed by atoms with E-state index in [4.69, 9.17) is 9.31 Å². The Labute approximate surface area is 165 Å². The van der Waals surface area contributed by atoms with Crippen LogP contribution in [-0.4, -0.2) is 29.2 Å². The Balaban J connectivity index is 1.37. The number of amides is 1. The van der Waals surface area contributed by atoms with Crippen LogP contribution < -0.4 is 5.32 Å². The van der Waals surface area contributed by atoms with Crippen molar-refractivity contribution in [1.29, 1.82) is 0 Å². The first kappa shape index (κ1) is 18.9. The summed E-state index contributed by atoms with van der Waals surface area (Å²) in [7, 11) is -0.374. The molecule has 2 aliphatic carbocycles. The molecule has 5 nitrogen and oxygen atoms in total. The largest absolute Gasteiger partial charge is 0.494 e. The molecule has 0 saturated carbocycles. The molecule has 1 fully saturated rings. The number of carbonyl (C=O) groups excluding carboxylic acids is 1. The van der Waals surface area contributed by atoms with Gasteiger partial charge in [-0.15, -0.1) is 11.3 Å². The summed E-state index contributed by atoms with van der Waals surface area (Å²) in [5.41, 5.74) is 1.45. The highest BCUT2D eigenvalue weighted by molar-refractivity contribution is 7.15. The SMILES string of the molecule is CC1(C)OB(C2=CCC(C(=O)Nc3nc4c(s3)CCCC4)C=C2)OC1(C)C. The van der Waals surface area contributed by atoms with E-state index in [1.807, 2.05) is 39.8 Å². The quantitative estimate of drug-likeness (QED) is 0.795. The smallest absolute Gasteiger partial charge is 0.399 e. The first-order valence-electron chi connectivity index (χ1n) is 9.78. The molecule has 1 aromatic heterocycles. The minimum absolute atomic E-state index is 0.00145. The van der Waals surface area contributed by atoms with Crippen LogP contribution in [0.1, 0.15) is 57.5 Å². The van der Waals surface area contributed by atoms with E-state index in [1.54, 1.807) is 11.3 Å². The number of carbonyl (C=O) groups is 1. The summed E-state index contributed by atoms with van der Waals surface area (Å²) in [6.07, 6.45) is 11.2. The maximum atomic E-state index is 12.6. The maximum Gasteiger partial charge on any atom is 0.494 e. The van der Waals surface area contributed by atoms with Gasteiger partial charge in [0.05, 0.1) is 22.8 Å². The number of aromatic nitrogens is 1. The van der Waals surface area contributed by atoms with Gasteiger partial charge in [0.15, 0.2) is 5.13 Å². The monoisotopic (exact) mass is 386 g/mol. The summed E-state index contributed by atoms with van der Waals surface area (Å²) in [5, 5.41) is 3.74. The van der Waals surface area contributed by atoms with Crippen LogP contribution in [0.4, 0.5) is 5.13 Å². The van der Waals surface area contributed by atoms with E-state index in [-0.39, 0.29) is 30.1 Å². The minimum Gasteiger partial charge on any atom is -0.399 e. The number of thiazole rings is 1. The van der Waals surface area contributed by atoms with Crippen molar-refractivity contribution >= 4 is 29.5 Å². The van der Waals surface area contributed by atoms with Crippen molar-refractivity contribution in [2.75, 3.05) is 5.32 Å². The molecule has 144 valence electrons. The lowest BCUT2D eigenvalue weighted by atomic mass is 9.74. The number of aryl methyl sites for hydroxylation is 2. The maximum absolute atomic E-state index is 12.6. The van der Waals surface area contributed by atoms with Crippen LogP contribution in [0.5, 0.6) is 0 Å². The molecule has 1 atom stereocenters. The highest BCUT2D eigenvalue weighted by atomic mass is 32.1. The van der Waals surface area contributed by atoms with E-state index in [1.165, 1.54) is 23.4 Å². The third-order valence-corrected chi connectivity index (χ3v) is 7.14. The second-order valence-corrected chi connectivity index (χ2v) is 9.66. The van der Waals surface area contributed by atoms with Crippen molar-refractivity contribution in [3.8, 4) is 0 Å². The first-order chi connectivity index (χ1) is 12.7. The second kappa shape index (κ2) is 6.87. The number of anilines is 1. The third-order valence-electron chi connectivity index (χ3n) is 6.07. The molecule has 1 aromatic rings. The summed E-state index contributed by atoms with van der Waals surface area (Å²) >= 11 is 1.63. The number of fused-ring (bicyclic) bond motifs is 1. The molecular formula is C20H27BN2O3S. The standard InChI is InChI=1S/C20H27BN2O3S/c1-19(2)20(3,4)26-21(25-19)14-11-9-13(10-12-14)17(24)23-18-22-15-7-5-6-8-16(15)27-18/h9,11-13H,5-8,10H2,1-4H3,(H,22,23,24). The molecular weight excluding hydrogens is 359 g/mol. The zero-order valence-electron chi connectivity index (χ0n) is 16.5. The van der Waals surface area contributed by atoms with E-state index in [0.717, 1.165) is 23.4 Å². The fourth-order valence-electron chi connectivity index (χ4n) is 3.59. The van der Waals surface area contributed by atoms with Crippen molar-refractivity contribution in [3.63, 3.8) is 0 Å². The van der Waals surface area contributed by atoms with Gasteiger partial charge in [-0.05, 0) is 65.3 Å². The third kappa shape index (κ3) is 3.65. The van der Waals surface area contributed by atoms with Crippen molar-refractivity contribution in [2.45, 2.75) is 71.0 Å². The number of nitrogens with zero attached hydrogens (tertiary/aromatic N) is 1. The van der Waals surface area contributed by atoms with Gasteiger partial charge in [-0.25, -0.2) is 4.98 Å². The summed E-state index contributed by atoms with van der Waals surface area (Å²) in [6.45, 7) is 8.18. The molecule has 27 heavy (non-hydrogen) atoms. The van der Waals surface area contributed by atoms with Crippen LogP contribution >= 0.6 is 11.3 Å². The molecule has 1 aliphatic heterocycles. The van der Waals surface area contributed by atoms with Gasteiger partial charge in [0.2, 0.25) is 5.91 Å². The summed E-state index contributed by atoms with van der Waals surface area (Å²) in [4.78, 5) is 18.6. The van der Waals surface area contributed by atoms with E-state index in [0.29, 0.717) is 6.42 Å². The fraction of sp³-hybridized carbons (Fsp3) is 0.600. The Hall–Kier alpha value is -1.44. The molecule has 4 rings (SSSR count). The topological polar surface area (TPSA) is 60.5 Å². The highest BCUT2D eigenvalue weighted by Gasteiger charge is 2.52. The van der Waals surface area contributed by atoms with E-state index < -0.39 is 0 Å². The Morgan fingerprint density at radius 1 is 1.22 bits per heavy atom. The van der Waals surface area contributed by atoms with Crippen LogP contribution in [0.2, 0.25) is 0 Å². The molecule has 3 aliphatic rings. The van der Waals surface area contributed by atoms with Gasteiger partial charge in [-0.1, -0.05) is 18.2 Å². The highest BCUT2D eigenvalue weighted by Crippen LogP contribution is 2.39. The molecule has 1 amide bonds. The van der Waals surface area contributed by atoms with Crippen LogP contribution in [0.15, 0.2) is 23.7 Å². The number of rotatable bonds is 3. The first-order valence-corrected chi connectivity index (χ1v) is 10.6. The molecule has 0 spiro atoms. The van der Waals surface area contributed by atoms with Gasteiger partial charge >= 0.3 is 7.12 Å². The van der Waals surface area contributed by atoms with Crippen molar-refractivity contribution in [3.05, 3.63) is 34.3 Å². The Morgan fingerprint density at radius 3 is 2.56 bits per heavy atom. The summed E-state index contributed by atoms with van der Waals surface area (Å²) in [6, 6.07) is 0. The molecule has 2 heterocycles. The van der Waals surface area contributed by atoms with Gasteiger partial charge < -0.3 is 14.6 Å². The Kier molecular flexibility index (Phi) is 4.81. The van der Waals surface area contributed by atoms with Gasteiger partial charge in [0, 0.05) is 4.88 Å². The predicted molar refractivity (Wildman–Crippen MR) is 109 cm³/mol. The average Bonchev–Trinajstić information content (AvgIpc) is 3.12. The van der Waals surface area contributed by atoms with Gasteiger partial charge in [0.1, 0.15) is 0 Å². The van der Waals surface area contributed by atoms with Crippen LogP contribution in [0.3, 0.4) is 0 Å². The van der Waals surface area contributed by atoms with Gasteiger partial charge in [-0.3, -0.25) is 4.79 Å². The predicted octanol–water partition coefficient (Wildman–Crippen LogP) is 4.09. The lowest BCUT2D eigenvalue weighted by Crippen LogP contribution is -2.41. The van der Waals surface area contributed by atoms with Gasteiger partial charge in [0.25, 0.3) is 0 Å². The fourth-order valence-corrected chi connectivity index (χ4v) is 4.64. The lowest BCUT2D eigenvalue weighted by Gasteiger charge is -2.32. The molecule has 1 unspecified atom stereocenters. The minimum atomic E-state index is -0.374. The Bertz CT molecular complexity index is 773. The van der Waals surface area contributed by atoms with Crippen LogP contribution in [0.25, 0.3) is 0 Å². The molecule has 0 aromatic carbocycles. The number of hydrogen-bond donors (Lipinski definition) is 1. The van der Waals surface area contributed by atoms with Crippen LogP contribution in [0, 0.1) is 5.92 Å². The lowest BCUT2D eigenvalue weighted by molar-refractivity contribution is -0.118. The molecule has 1 saturated heterocycles. The number of hydrogen-bond acceptors (Lipinski definition) is 5. The van der Waals surface area contributed by atoms with E-state index >= 15 is 0 Å². The zero-order valence-corrected chi connectivity index (χ0v) is 17.3. The normalized spacial score (nSPS) is 25.9. The number of nitrogens with one attached hydrogen (secondary N) is 1. The van der Waals surface area contributed by atoms with Crippen molar-refractivity contribution in [1.82, 2.24) is 4.98 Å². The molecule has 1 N–H and O–H groups in total. The molecule has 0 radical (unpaired) electrons. The average molecular weight is 386 g/mol. The molecule has 7 heteroatoms. The summed E-state index contributed by atoms with van der Waals surface area (Å²) < 4.78 is 12.2. The van der Waals surface area contributed by atoms with E-state index in [2.05, 4.69) is 16.4 Å². The van der Waals surface area contributed by atoms with Crippen molar-refractivity contribution < 1.29 is 14.1 Å².